The number of esters is 1. The zero-order chi connectivity index (χ0) is 21.5. The molecule has 0 aliphatic carbocycles. The lowest BCUT2D eigenvalue weighted by Gasteiger charge is -2.29. The summed E-state index contributed by atoms with van der Waals surface area (Å²) in [7, 11) is 0. The van der Waals surface area contributed by atoms with E-state index in [0.717, 1.165) is 23.5 Å². The topological polar surface area (TPSA) is 101 Å². The van der Waals surface area contributed by atoms with E-state index >= 15 is 0 Å². The van der Waals surface area contributed by atoms with Crippen molar-refractivity contribution in [1.82, 2.24) is 10.3 Å². The predicted octanol–water partition coefficient (Wildman–Crippen LogP) is 2.15. The van der Waals surface area contributed by atoms with Crippen molar-refractivity contribution >= 4 is 29.2 Å². The van der Waals surface area contributed by atoms with Gasteiger partial charge in [-0.1, -0.05) is 12.1 Å². The van der Waals surface area contributed by atoms with E-state index in [4.69, 9.17) is 4.74 Å². The predicted molar refractivity (Wildman–Crippen MR) is 113 cm³/mol. The Hall–Kier alpha value is -3.42. The minimum Gasteiger partial charge on any atom is -0.462 e. The molecule has 30 heavy (non-hydrogen) atoms. The van der Waals surface area contributed by atoms with Gasteiger partial charge in [-0.05, 0) is 50.1 Å². The van der Waals surface area contributed by atoms with Crippen LogP contribution in [0.15, 0.2) is 42.6 Å². The van der Waals surface area contributed by atoms with Crippen LogP contribution in [0.5, 0.6) is 0 Å². The maximum atomic E-state index is 12.3. The summed E-state index contributed by atoms with van der Waals surface area (Å²) in [4.78, 5) is 42.1. The Morgan fingerprint density at radius 2 is 2.07 bits per heavy atom. The number of nitrogens with one attached hydrogen (secondary N) is 2. The Kier molecular flexibility index (Phi) is 7.00. The van der Waals surface area contributed by atoms with E-state index in [0.29, 0.717) is 19.4 Å². The van der Waals surface area contributed by atoms with Crippen LogP contribution in [-0.2, 0) is 20.7 Å². The number of carbonyl (C=O) groups is 3. The van der Waals surface area contributed by atoms with E-state index in [1.165, 1.54) is 6.20 Å². The Bertz CT molecular complexity index is 917. The number of benzene rings is 1. The van der Waals surface area contributed by atoms with E-state index < -0.39 is 17.9 Å². The van der Waals surface area contributed by atoms with Crippen LogP contribution < -0.4 is 15.5 Å². The second-order valence-electron chi connectivity index (χ2n) is 7.01. The molecule has 1 atom stereocenters. The zero-order valence-electron chi connectivity index (χ0n) is 17.2. The Morgan fingerprint density at radius 3 is 2.80 bits per heavy atom. The highest BCUT2D eigenvalue weighted by Gasteiger charge is 2.21. The van der Waals surface area contributed by atoms with Crippen molar-refractivity contribution in [2.45, 2.75) is 32.7 Å². The summed E-state index contributed by atoms with van der Waals surface area (Å²) in [5.41, 5.74) is 3.21. The molecule has 1 aliphatic heterocycles. The molecule has 0 spiro atoms. The average Bonchev–Trinajstić information content (AvgIpc) is 2.76. The monoisotopic (exact) mass is 410 g/mol. The van der Waals surface area contributed by atoms with Gasteiger partial charge in [0.2, 0.25) is 5.91 Å². The number of amides is 2. The van der Waals surface area contributed by atoms with Crippen molar-refractivity contribution < 1.29 is 19.1 Å². The van der Waals surface area contributed by atoms with Crippen LogP contribution in [0, 0.1) is 0 Å². The number of likely N-dealkylation sites (N-methyl/N-ethyl adjacent to an activating group) is 1. The van der Waals surface area contributed by atoms with Crippen LogP contribution in [0.4, 0.5) is 11.4 Å². The van der Waals surface area contributed by atoms with Gasteiger partial charge in [-0.25, -0.2) is 4.79 Å². The van der Waals surface area contributed by atoms with Gasteiger partial charge in [-0.3, -0.25) is 14.6 Å². The first-order valence-electron chi connectivity index (χ1n) is 10.0. The molecular formula is C22H26N4O4. The standard InChI is InChI=1S/C22H26N4O4/c1-3-26(19-9-6-8-17-16(19)10-11-20(27)25-17)13-14-30-22(29)15(2)24-21(28)18-7-4-5-12-23-18/h4-9,12,15H,3,10-11,13-14H2,1-2H3,(H,24,28)(H,25,27)/t15-/m0/s1. The average molecular weight is 410 g/mol. The third-order valence-electron chi connectivity index (χ3n) is 4.95. The van der Waals surface area contributed by atoms with E-state index in [-0.39, 0.29) is 18.2 Å². The Morgan fingerprint density at radius 1 is 1.23 bits per heavy atom. The molecule has 0 saturated carbocycles. The highest BCUT2D eigenvalue weighted by molar-refractivity contribution is 5.95. The number of hydrogen-bond acceptors (Lipinski definition) is 6. The summed E-state index contributed by atoms with van der Waals surface area (Å²) in [5, 5.41) is 5.50. The summed E-state index contributed by atoms with van der Waals surface area (Å²) in [5.74, 6) is -0.899. The van der Waals surface area contributed by atoms with Gasteiger partial charge in [-0.2, -0.15) is 0 Å². The van der Waals surface area contributed by atoms with Crippen molar-refractivity contribution in [3.05, 3.63) is 53.9 Å². The number of hydrogen-bond donors (Lipinski definition) is 2. The zero-order valence-corrected chi connectivity index (χ0v) is 17.2. The molecule has 1 aliphatic rings. The molecule has 3 rings (SSSR count). The first-order valence-corrected chi connectivity index (χ1v) is 10.0. The molecule has 2 amide bonds. The normalized spacial score (nSPS) is 13.6. The molecule has 1 aromatic carbocycles. The molecule has 8 nitrogen and oxygen atoms in total. The van der Waals surface area contributed by atoms with Crippen LogP contribution in [0.1, 0.15) is 36.3 Å². The number of aromatic nitrogens is 1. The summed E-state index contributed by atoms with van der Waals surface area (Å²) < 4.78 is 5.37. The molecular weight excluding hydrogens is 384 g/mol. The second-order valence-corrected chi connectivity index (χ2v) is 7.01. The Balaban J connectivity index is 1.53. The molecule has 8 heteroatoms. The van der Waals surface area contributed by atoms with Gasteiger partial charge < -0.3 is 20.3 Å². The van der Waals surface area contributed by atoms with Gasteiger partial charge in [0.25, 0.3) is 5.91 Å². The molecule has 0 fully saturated rings. The van der Waals surface area contributed by atoms with Crippen LogP contribution in [0.3, 0.4) is 0 Å². The molecule has 0 unspecified atom stereocenters. The minimum absolute atomic E-state index is 0.0263. The van der Waals surface area contributed by atoms with Crippen molar-refractivity contribution in [1.29, 1.82) is 0 Å². The maximum absolute atomic E-state index is 12.3. The van der Waals surface area contributed by atoms with Gasteiger partial charge in [0.05, 0.1) is 6.54 Å². The molecule has 2 heterocycles. The summed E-state index contributed by atoms with van der Waals surface area (Å²) in [6, 6.07) is 10.0. The molecule has 1 aromatic heterocycles. The fraction of sp³-hybridized carbons (Fsp3) is 0.364. The third kappa shape index (κ3) is 5.14. The van der Waals surface area contributed by atoms with Gasteiger partial charge in [-0.15, -0.1) is 0 Å². The Labute approximate surface area is 175 Å². The van der Waals surface area contributed by atoms with Gasteiger partial charge >= 0.3 is 5.97 Å². The van der Waals surface area contributed by atoms with Crippen molar-refractivity contribution in [2.24, 2.45) is 0 Å². The lowest BCUT2D eigenvalue weighted by molar-refractivity contribution is -0.145. The largest absolute Gasteiger partial charge is 0.462 e. The first-order chi connectivity index (χ1) is 14.5. The van der Waals surface area contributed by atoms with E-state index in [1.807, 2.05) is 25.1 Å². The number of anilines is 2. The molecule has 158 valence electrons. The molecule has 0 bridgehead atoms. The minimum atomic E-state index is -0.783. The van der Waals surface area contributed by atoms with E-state index in [2.05, 4.69) is 20.5 Å². The fourth-order valence-corrected chi connectivity index (χ4v) is 3.36. The van der Waals surface area contributed by atoms with E-state index in [9.17, 15) is 14.4 Å². The molecule has 2 N–H and O–H groups in total. The smallest absolute Gasteiger partial charge is 0.328 e. The van der Waals surface area contributed by atoms with Crippen molar-refractivity contribution in [3.8, 4) is 0 Å². The van der Waals surface area contributed by atoms with Crippen LogP contribution in [0.2, 0.25) is 0 Å². The molecule has 0 saturated heterocycles. The maximum Gasteiger partial charge on any atom is 0.328 e. The summed E-state index contributed by atoms with van der Waals surface area (Å²) in [6.07, 6.45) is 2.67. The van der Waals surface area contributed by atoms with Crippen LogP contribution >= 0.6 is 0 Å². The number of nitrogens with zero attached hydrogens (tertiary/aromatic N) is 2. The van der Waals surface area contributed by atoms with Crippen molar-refractivity contribution in [2.75, 3.05) is 29.9 Å². The molecule has 0 radical (unpaired) electrons. The third-order valence-corrected chi connectivity index (χ3v) is 4.95. The summed E-state index contributed by atoms with van der Waals surface area (Å²) >= 11 is 0. The van der Waals surface area contributed by atoms with Crippen LogP contribution in [-0.4, -0.2) is 48.5 Å². The van der Waals surface area contributed by atoms with Crippen LogP contribution in [0.25, 0.3) is 0 Å². The van der Waals surface area contributed by atoms with E-state index in [1.54, 1.807) is 25.1 Å². The number of ether oxygens (including phenoxy) is 1. The van der Waals surface area contributed by atoms with Crippen molar-refractivity contribution in [3.63, 3.8) is 0 Å². The highest BCUT2D eigenvalue weighted by atomic mass is 16.5. The second kappa shape index (κ2) is 9.87. The summed E-state index contributed by atoms with van der Waals surface area (Å²) in [6.45, 7) is 5.03. The number of rotatable bonds is 8. The van der Waals surface area contributed by atoms with Gasteiger partial charge in [0.15, 0.2) is 0 Å². The fourth-order valence-electron chi connectivity index (χ4n) is 3.36. The lowest BCUT2D eigenvalue weighted by Crippen LogP contribution is -2.40. The highest BCUT2D eigenvalue weighted by Crippen LogP contribution is 2.31. The molecule has 2 aromatic rings. The lowest BCUT2D eigenvalue weighted by atomic mass is 10.00. The van der Waals surface area contributed by atoms with Gasteiger partial charge in [0, 0.05) is 30.5 Å². The number of fused-ring (bicyclic) bond motifs is 1. The number of carbonyl (C=O) groups excluding carboxylic acids is 3. The SMILES string of the molecule is CCN(CCOC(=O)[C@H](C)NC(=O)c1ccccn1)c1cccc2c1CCC(=O)N2. The first kappa shape index (κ1) is 21.3. The van der Waals surface area contributed by atoms with Gasteiger partial charge in [0.1, 0.15) is 18.3 Å². The quantitative estimate of drug-likeness (QED) is 0.647. The number of pyridine rings is 1.